The number of imidazole rings is 1. The largest absolute Gasteiger partial charge is 0.391 e. The number of aromatic nitrogens is 2. The van der Waals surface area contributed by atoms with Crippen molar-refractivity contribution >= 4 is 0 Å². The van der Waals surface area contributed by atoms with Gasteiger partial charge in [0.25, 0.3) is 0 Å². The molecule has 94 valence electrons. The van der Waals surface area contributed by atoms with E-state index < -0.39 is 0 Å². The Labute approximate surface area is 106 Å². The number of hydrogen-bond acceptors (Lipinski definition) is 3. The van der Waals surface area contributed by atoms with Gasteiger partial charge in [-0.15, -0.1) is 0 Å². The molecule has 1 aromatic carbocycles. The molecule has 1 fully saturated rings. The zero-order chi connectivity index (χ0) is 12.4. The number of aliphatic hydroxyl groups excluding tert-OH is 1. The number of hydrogen-bond donors (Lipinski definition) is 1. The fourth-order valence-corrected chi connectivity index (χ4v) is 2.37. The molecule has 1 N–H and O–H groups in total. The minimum absolute atomic E-state index is 0.0449. The van der Waals surface area contributed by atoms with E-state index in [1.54, 1.807) is 6.20 Å². The SMILES string of the molecule is OC1CCOCC1n1ccnc1-c1ccccc1. The summed E-state index contributed by atoms with van der Waals surface area (Å²) in [5.74, 6) is 0.880. The Bertz CT molecular complexity index is 510. The molecule has 2 heterocycles. The van der Waals surface area contributed by atoms with Crippen molar-refractivity contribution in [3.8, 4) is 11.4 Å². The predicted molar refractivity (Wildman–Crippen MR) is 68.1 cm³/mol. The molecule has 1 aliphatic rings. The third kappa shape index (κ3) is 2.05. The predicted octanol–water partition coefficient (Wildman–Crippen LogP) is 1.87. The summed E-state index contributed by atoms with van der Waals surface area (Å²) in [5, 5.41) is 10.1. The van der Waals surface area contributed by atoms with Crippen molar-refractivity contribution in [1.29, 1.82) is 0 Å². The summed E-state index contributed by atoms with van der Waals surface area (Å²) in [6, 6.07) is 9.96. The summed E-state index contributed by atoms with van der Waals surface area (Å²) >= 11 is 0. The molecule has 1 aromatic heterocycles. The monoisotopic (exact) mass is 244 g/mol. The molecule has 0 aliphatic carbocycles. The number of nitrogens with zero attached hydrogens (tertiary/aromatic N) is 2. The quantitative estimate of drug-likeness (QED) is 0.877. The van der Waals surface area contributed by atoms with Crippen LogP contribution >= 0.6 is 0 Å². The van der Waals surface area contributed by atoms with Crippen LogP contribution < -0.4 is 0 Å². The number of benzene rings is 1. The summed E-state index contributed by atoms with van der Waals surface area (Å²) in [5.41, 5.74) is 1.06. The van der Waals surface area contributed by atoms with Crippen LogP contribution in [0.15, 0.2) is 42.7 Å². The number of aliphatic hydroxyl groups is 1. The maximum Gasteiger partial charge on any atom is 0.140 e. The Morgan fingerprint density at radius 2 is 2.11 bits per heavy atom. The van der Waals surface area contributed by atoms with Gasteiger partial charge in [0.1, 0.15) is 5.82 Å². The lowest BCUT2D eigenvalue weighted by Gasteiger charge is -2.29. The number of ether oxygens (including phenoxy) is 1. The first kappa shape index (κ1) is 11.4. The topological polar surface area (TPSA) is 47.3 Å². The zero-order valence-electron chi connectivity index (χ0n) is 10.1. The van der Waals surface area contributed by atoms with E-state index in [0.29, 0.717) is 19.6 Å². The van der Waals surface area contributed by atoms with Gasteiger partial charge >= 0.3 is 0 Å². The Hall–Kier alpha value is -1.65. The van der Waals surface area contributed by atoms with Crippen molar-refractivity contribution in [3.63, 3.8) is 0 Å². The third-order valence-corrected chi connectivity index (χ3v) is 3.35. The number of rotatable bonds is 2. The van der Waals surface area contributed by atoms with Gasteiger partial charge in [0.05, 0.1) is 18.8 Å². The Kier molecular flexibility index (Phi) is 3.13. The molecule has 2 aromatic rings. The molecule has 0 amide bonds. The van der Waals surface area contributed by atoms with Crippen molar-refractivity contribution in [2.75, 3.05) is 13.2 Å². The average Bonchev–Trinajstić information content (AvgIpc) is 2.89. The minimum Gasteiger partial charge on any atom is -0.391 e. The molecule has 0 saturated carbocycles. The molecule has 1 saturated heterocycles. The van der Waals surface area contributed by atoms with Gasteiger partial charge in [-0.3, -0.25) is 0 Å². The van der Waals surface area contributed by atoms with Crippen molar-refractivity contribution in [2.45, 2.75) is 18.6 Å². The fraction of sp³-hybridized carbons (Fsp3) is 0.357. The van der Waals surface area contributed by atoms with Gasteiger partial charge < -0.3 is 14.4 Å². The zero-order valence-corrected chi connectivity index (χ0v) is 10.1. The van der Waals surface area contributed by atoms with E-state index in [9.17, 15) is 5.11 Å². The molecule has 18 heavy (non-hydrogen) atoms. The Morgan fingerprint density at radius 3 is 2.89 bits per heavy atom. The lowest BCUT2D eigenvalue weighted by Crippen LogP contribution is -2.34. The van der Waals surface area contributed by atoms with Crippen LogP contribution in [0, 0.1) is 0 Å². The fourth-order valence-electron chi connectivity index (χ4n) is 2.37. The van der Waals surface area contributed by atoms with Crippen molar-refractivity contribution in [1.82, 2.24) is 9.55 Å². The maximum atomic E-state index is 10.1. The molecule has 4 nitrogen and oxygen atoms in total. The van der Waals surface area contributed by atoms with Gasteiger partial charge in [-0.1, -0.05) is 30.3 Å². The van der Waals surface area contributed by atoms with E-state index in [1.165, 1.54) is 0 Å². The van der Waals surface area contributed by atoms with Gasteiger partial charge in [-0.2, -0.15) is 0 Å². The van der Waals surface area contributed by atoms with Gasteiger partial charge in [-0.05, 0) is 6.42 Å². The van der Waals surface area contributed by atoms with Crippen LogP contribution in [-0.4, -0.2) is 34.0 Å². The normalized spacial score (nSPS) is 24.1. The highest BCUT2D eigenvalue weighted by Crippen LogP contribution is 2.26. The standard InChI is InChI=1S/C14H16N2O2/c17-13-6-9-18-10-12(13)16-8-7-15-14(16)11-4-2-1-3-5-11/h1-5,7-8,12-13,17H,6,9-10H2. The first-order valence-corrected chi connectivity index (χ1v) is 6.20. The highest BCUT2D eigenvalue weighted by Gasteiger charge is 2.26. The van der Waals surface area contributed by atoms with E-state index in [-0.39, 0.29) is 12.1 Å². The molecule has 0 bridgehead atoms. The van der Waals surface area contributed by atoms with Crippen LogP contribution in [0.5, 0.6) is 0 Å². The maximum absolute atomic E-state index is 10.1. The van der Waals surface area contributed by atoms with Crippen molar-refractivity contribution in [3.05, 3.63) is 42.7 Å². The molecular weight excluding hydrogens is 228 g/mol. The van der Waals surface area contributed by atoms with E-state index >= 15 is 0 Å². The highest BCUT2D eigenvalue weighted by atomic mass is 16.5. The second kappa shape index (κ2) is 4.92. The molecule has 1 aliphatic heterocycles. The van der Waals surface area contributed by atoms with E-state index in [4.69, 9.17) is 4.74 Å². The van der Waals surface area contributed by atoms with E-state index in [0.717, 1.165) is 11.4 Å². The van der Waals surface area contributed by atoms with Crippen LogP contribution in [0.4, 0.5) is 0 Å². The van der Waals surface area contributed by atoms with Crippen molar-refractivity contribution < 1.29 is 9.84 Å². The van der Waals surface area contributed by atoms with E-state index in [1.807, 2.05) is 41.1 Å². The van der Waals surface area contributed by atoms with Gasteiger partial charge in [-0.25, -0.2) is 4.98 Å². The molecule has 3 rings (SSSR count). The summed E-state index contributed by atoms with van der Waals surface area (Å²) < 4.78 is 7.47. The van der Waals surface area contributed by atoms with Gasteiger partial charge in [0, 0.05) is 24.6 Å². The van der Waals surface area contributed by atoms with Gasteiger partial charge in [0.15, 0.2) is 0 Å². The highest BCUT2D eigenvalue weighted by molar-refractivity contribution is 5.55. The van der Waals surface area contributed by atoms with Crippen LogP contribution in [0.25, 0.3) is 11.4 Å². The lowest BCUT2D eigenvalue weighted by atomic mass is 10.1. The Morgan fingerprint density at radius 1 is 1.28 bits per heavy atom. The smallest absolute Gasteiger partial charge is 0.140 e. The summed E-state index contributed by atoms with van der Waals surface area (Å²) in [4.78, 5) is 4.39. The molecule has 2 unspecified atom stereocenters. The molecule has 0 spiro atoms. The van der Waals surface area contributed by atoms with Crippen LogP contribution in [0.3, 0.4) is 0 Å². The first-order valence-electron chi connectivity index (χ1n) is 6.20. The second-order valence-corrected chi connectivity index (χ2v) is 4.52. The lowest BCUT2D eigenvalue weighted by molar-refractivity contribution is -0.0285. The minimum atomic E-state index is -0.365. The van der Waals surface area contributed by atoms with Crippen LogP contribution in [0.2, 0.25) is 0 Å². The first-order chi connectivity index (χ1) is 8.86. The third-order valence-electron chi connectivity index (χ3n) is 3.35. The summed E-state index contributed by atoms with van der Waals surface area (Å²) in [6.07, 6.45) is 3.99. The van der Waals surface area contributed by atoms with Gasteiger partial charge in [0.2, 0.25) is 0 Å². The second-order valence-electron chi connectivity index (χ2n) is 4.52. The van der Waals surface area contributed by atoms with Crippen LogP contribution in [0.1, 0.15) is 12.5 Å². The summed E-state index contributed by atoms with van der Waals surface area (Å²) in [6.45, 7) is 1.17. The van der Waals surface area contributed by atoms with E-state index in [2.05, 4.69) is 4.98 Å². The molecular formula is C14H16N2O2. The Balaban J connectivity index is 1.96. The van der Waals surface area contributed by atoms with Crippen LogP contribution in [-0.2, 0) is 4.74 Å². The average molecular weight is 244 g/mol. The molecule has 0 radical (unpaired) electrons. The molecule has 2 atom stereocenters. The summed E-state index contributed by atoms with van der Waals surface area (Å²) in [7, 11) is 0. The van der Waals surface area contributed by atoms with Crippen molar-refractivity contribution in [2.24, 2.45) is 0 Å². The molecule has 4 heteroatoms.